The third-order valence-electron chi connectivity index (χ3n) is 2.75. The van der Waals surface area contributed by atoms with E-state index in [1.807, 2.05) is 36.4 Å². The lowest BCUT2D eigenvalue weighted by Crippen LogP contribution is -2.11. The first-order valence-corrected chi connectivity index (χ1v) is 6.81. The standard InChI is InChI=1S/C9H9NO2.C8H8O2/c1-6(11)10-8-4-7-2-3-9(8)12-5-7;1-7(9)10-8-5-3-2-4-6-8/h2-4H,5H2,1H3,(H,10,11);2-6H,1H3. The summed E-state index contributed by atoms with van der Waals surface area (Å²) in [6, 6.07) is 14.8. The molecule has 0 saturated heterocycles. The van der Waals surface area contributed by atoms with Crippen LogP contribution in [0, 0.1) is 0 Å². The Morgan fingerprint density at radius 2 is 1.82 bits per heavy atom. The molecule has 5 nitrogen and oxygen atoms in total. The minimum atomic E-state index is -0.286. The van der Waals surface area contributed by atoms with E-state index in [9.17, 15) is 9.59 Å². The van der Waals surface area contributed by atoms with Crippen molar-refractivity contribution in [1.82, 2.24) is 0 Å². The number of para-hydroxylation sites is 1. The maximum absolute atomic E-state index is 10.7. The van der Waals surface area contributed by atoms with Crippen molar-refractivity contribution >= 4 is 17.6 Å². The van der Waals surface area contributed by atoms with Gasteiger partial charge in [-0.25, -0.2) is 0 Å². The fraction of sp³-hybridized carbons (Fsp3) is 0.176. The van der Waals surface area contributed by atoms with Crippen molar-refractivity contribution in [1.29, 1.82) is 0 Å². The maximum atomic E-state index is 10.7. The van der Waals surface area contributed by atoms with Crippen molar-refractivity contribution in [3.8, 4) is 11.5 Å². The molecule has 1 amide bonds. The molecule has 0 aliphatic carbocycles. The number of ether oxygens (including phenoxy) is 2. The van der Waals surface area contributed by atoms with Crippen molar-refractivity contribution in [2.24, 2.45) is 0 Å². The molecular weight excluding hydrogens is 282 g/mol. The molecule has 2 heterocycles. The zero-order valence-electron chi connectivity index (χ0n) is 12.5. The summed E-state index contributed by atoms with van der Waals surface area (Å²) in [4.78, 5) is 21.1. The van der Waals surface area contributed by atoms with Crippen molar-refractivity contribution in [3.05, 3.63) is 54.1 Å². The Hall–Kier alpha value is -2.82. The van der Waals surface area contributed by atoms with Crippen LogP contribution in [-0.2, 0) is 16.2 Å². The minimum absolute atomic E-state index is 0.0705. The van der Waals surface area contributed by atoms with Gasteiger partial charge in [-0.15, -0.1) is 0 Å². The Morgan fingerprint density at radius 1 is 1.09 bits per heavy atom. The molecule has 2 aliphatic rings. The summed E-state index contributed by atoms with van der Waals surface area (Å²) in [7, 11) is 0. The summed E-state index contributed by atoms with van der Waals surface area (Å²) >= 11 is 0. The van der Waals surface area contributed by atoms with Gasteiger partial charge in [-0.05, 0) is 29.8 Å². The molecule has 0 spiro atoms. The molecule has 2 aromatic carbocycles. The van der Waals surface area contributed by atoms with E-state index in [2.05, 4.69) is 5.32 Å². The Morgan fingerprint density at radius 3 is 2.27 bits per heavy atom. The zero-order valence-corrected chi connectivity index (χ0v) is 12.5. The lowest BCUT2D eigenvalue weighted by molar-refractivity contribution is -0.131. The van der Waals surface area contributed by atoms with Gasteiger partial charge in [0.1, 0.15) is 18.1 Å². The summed E-state index contributed by atoms with van der Waals surface area (Å²) in [5.74, 6) is 0.986. The second kappa shape index (κ2) is 7.26. The quantitative estimate of drug-likeness (QED) is 0.683. The number of rotatable bonds is 2. The third kappa shape index (κ3) is 4.63. The van der Waals surface area contributed by atoms with E-state index < -0.39 is 0 Å². The number of fused-ring (bicyclic) bond motifs is 3. The number of nitrogens with one attached hydrogen (secondary N) is 1. The summed E-state index contributed by atoms with van der Waals surface area (Å²) in [6.07, 6.45) is 0. The molecule has 5 heteroatoms. The van der Waals surface area contributed by atoms with E-state index in [1.165, 1.54) is 13.8 Å². The van der Waals surface area contributed by atoms with Crippen LogP contribution in [0.2, 0.25) is 0 Å². The molecule has 0 fully saturated rings. The molecule has 114 valence electrons. The van der Waals surface area contributed by atoms with Crippen LogP contribution in [0.3, 0.4) is 0 Å². The molecule has 22 heavy (non-hydrogen) atoms. The highest BCUT2D eigenvalue weighted by atomic mass is 16.5. The summed E-state index contributed by atoms with van der Waals surface area (Å²) in [5, 5.41) is 2.70. The van der Waals surface area contributed by atoms with Gasteiger partial charge in [-0.3, -0.25) is 9.59 Å². The van der Waals surface area contributed by atoms with Crippen LogP contribution < -0.4 is 14.8 Å². The Bertz CT molecular complexity index is 668. The number of carbonyl (C=O) groups is 2. The average Bonchev–Trinajstić information content (AvgIpc) is 2.49. The van der Waals surface area contributed by atoms with Crippen LogP contribution in [0.5, 0.6) is 11.5 Å². The van der Waals surface area contributed by atoms with Gasteiger partial charge < -0.3 is 14.8 Å². The van der Waals surface area contributed by atoms with Gasteiger partial charge in [-0.1, -0.05) is 24.3 Å². The molecule has 0 unspecified atom stereocenters. The van der Waals surface area contributed by atoms with Gasteiger partial charge in [-0.2, -0.15) is 0 Å². The van der Waals surface area contributed by atoms with Crippen molar-refractivity contribution in [3.63, 3.8) is 0 Å². The first-order chi connectivity index (χ1) is 10.5. The number of hydrogen-bond donors (Lipinski definition) is 1. The van der Waals surface area contributed by atoms with Gasteiger partial charge in [0, 0.05) is 13.8 Å². The number of amides is 1. The van der Waals surface area contributed by atoms with Gasteiger partial charge >= 0.3 is 5.97 Å². The van der Waals surface area contributed by atoms with Crippen LogP contribution in [0.4, 0.5) is 5.69 Å². The Kier molecular flexibility index (Phi) is 5.14. The first-order valence-electron chi connectivity index (χ1n) is 6.81. The highest BCUT2D eigenvalue weighted by Crippen LogP contribution is 2.31. The predicted molar refractivity (Wildman–Crippen MR) is 82.8 cm³/mol. The smallest absolute Gasteiger partial charge is 0.308 e. The van der Waals surface area contributed by atoms with Crippen LogP contribution in [-0.4, -0.2) is 11.9 Å². The molecule has 0 radical (unpaired) electrons. The highest BCUT2D eigenvalue weighted by molar-refractivity contribution is 5.90. The van der Waals surface area contributed by atoms with E-state index >= 15 is 0 Å². The zero-order chi connectivity index (χ0) is 15.9. The first kappa shape index (κ1) is 15.6. The molecule has 2 aliphatic heterocycles. The maximum Gasteiger partial charge on any atom is 0.308 e. The lowest BCUT2D eigenvalue weighted by atomic mass is 10.1. The van der Waals surface area contributed by atoms with E-state index in [0.717, 1.165) is 17.0 Å². The topological polar surface area (TPSA) is 64.6 Å². The molecule has 0 saturated carbocycles. The minimum Gasteiger partial charge on any atom is -0.487 e. The van der Waals surface area contributed by atoms with Crippen LogP contribution >= 0.6 is 0 Å². The van der Waals surface area contributed by atoms with Crippen molar-refractivity contribution < 1.29 is 19.1 Å². The summed E-state index contributed by atoms with van der Waals surface area (Å²) < 4.78 is 10.1. The predicted octanol–water partition coefficient (Wildman–Crippen LogP) is 3.15. The van der Waals surface area contributed by atoms with Crippen LogP contribution in [0.15, 0.2) is 48.5 Å². The van der Waals surface area contributed by atoms with Gasteiger partial charge in [0.25, 0.3) is 0 Å². The van der Waals surface area contributed by atoms with Crippen LogP contribution in [0.25, 0.3) is 0 Å². The number of anilines is 1. The molecular formula is C17H17NO4. The SMILES string of the molecule is CC(=O)Nc1cc2ccc1OC2.CC(=O)Oc1ccccc1. The average molecular weight is 299 g/mol. The van der Waals surface area contributed by atoms with Gasteiger partial charge in [0.05, 0.1) is 5.69 Å². The number of esters is 1. The molecule has 2 bridgehead atoms. The second-order valence-electron chi connectivity index (χ2n) is 4.71. The van der Waals surface area contributed by atoms with E-state index in [4.69, 9.17) is 9.47 Å². The summed E-state index contributed by atoms with van der Waals surface area (Å²) in [6.45, 7) is 3.49. The van der Waals surface area contributed by atoms with Crippen molar-refractivity contribution in [2.45, 2.75) is 20.5 Å². The highest BCUT2D eigenvalue weighted by Gasteiger charge is 2.12. The van der Waals surface area contributed by atoms with Gasteiger partial charge in [0.2, 0.25) is 5.91 Å². The Labute approximate surface area is 128 Å². The number of carbonyl (C=O) groups excluding carboxylic acids is 2. The molecule has 1 N–H and O–H groups in total. The number of benzene rings is 2. The van der Waals surface area contributed by atoms with E-state index in [0.29, 0.717) is 12.4 Å². The van der Waals surface area contributed by atoms with Crippen molar-refractivity contribution in [2.75, 3.05) is 5.32 Å². The third-order valence-corrected chi connectivity index (χ3v) is 2.75. The monoisotopic (exact) mass is 299 g/mol. The molecule has 0 aromatic heterocycles. The molecule has 0 atom stereocenters. The fourth-order valence-corrected chi connectivity index (χ4v) is 1.90. The van der Waals surface area contributed by atoms with E-state index in [1.54, 1.807) is 12.1 Å². The largest absolute Gasteiger partial charge is 0.487 e. The fourth-order valence-electron chi connectivity index (χ4n) is 1.90. The normalized spacial score (nSPS) is 10.8. The second-order valence-corrected chi connectivity index (χ2v) is 4.71. The lowest BCUT2D eigenvalue weighted by Gasteiger charge is -2.18. The molecule has 2 aromatic rings. The van der Waals surface area contributed by atoms with E-state index in [-0.39, 0.29) is 11.9 Å². The van der Waals surface area contributed by atoms with Crippen LogP contribution in [0.1, 0.15) is 19.4 Å². The Balaban J connectivity index is 0.000000164. The van der Waals surface area contributed by atoms with Gasteiger partial charge in [0.15, 0.2) is 0 Å². The summed E-state index contributed by atoms with van der Waals surface area (Å²) in [5.41, 5.74) is 1.86. The molecule has 4 rings (SSSR count). The number of hydrogen-bond acceptors (Lipinski definition) is 4.